The Kier molecular flexibility index (Phi) is 19.1. The Hall–Kier alpha value is -2.98. The van der Waals surface area contributed by atoms with Gasteiger partial charge >= 0.3 is 12.2 Å². The molecule has 0 fully saturated rings. The summed E-state index contributed by atoms with van der Waals surface area (Å²) in [7, 11) is 0. The Morgan fingerprint density at radius 1 is 1.00 bits per heavy atom. The number of Topliss-reactive ketones (excluding diaryl/α,β-unsaturated/α-hetero) is 1. The van der Waals surface area contributed by atoms with E-state index in [0.29, 0.717) is 0 Å². The van der Waals surface area contributed by atoms with E-state index in [0.717, 1.165) is 6.92 Å². The van der Waals surface area contributed by atoms with Gasteiger partial charge in [0.05, 0.1) is 5.97 Å². The fourth-order valence-electron chi connectivity index (χ4n) is 0.391. The summed E-state index contributed by atoms with van der Waals surface area (Å²) in [6.45, 7) is 0.940. The monoisotopic (exact) mass is 306 g/mol. The van der Waals surface area contributed by atoms with Crippen molar-refractivity contribution in [2.45, 2.75) is 25.8 Å². The van der Waals surface area contributed by atoms with E-state index in [1.54, 1.807) is 0 Å². The van der Waals surface area contributed by atoms with Crippen molar-refractivity contribution < 1.29 is 39.3 Å². The Labute approximate surface area is 119 Å². The zero-order chi connectivity index (χ0) is 16.9. The predicted octanol–water partition coefficient (Wildman–Crippen LogP) is -6.54. The van der Waals surface area contributed by atoms with Gasteiger partial charge < -0.3 is 46.9 Å². The summed E-state index contributed by atoms with van der Waals surface area (Å²) in [5.74, 6) is -5.32. The van der Waals surface area contributed by atoms with Crippen LogP contribution in [0.4, 0.5) is 4.79 Å². The van der Waals surface area contributed by atoms with Crippen LogP contribution in [0.3, 0.4) is 0 Å². The van der Waals surface area contributed by atoms with Crippen LogP contribution in [0.1, 0.15) is 19.8 Å². The van der Waals surface area contributed by atoms with Gasteiger partial charge in [-0.25, -0.2) is 4.79 Å². The summed E-state index contributed by atoms with van der Waals surface area (Å²) in [6.07, 6.45) is -0.500. The largest absolute Gasteiger partial charge is 3.00 e. The number of hydrogen-bond acceptors (Lipinski definition) is 9. The summed E-state index contributed by atoms with van der Waals surface area (Å²) in [5, 5.41) is 28.8. The van der Waals surface area contributed by atoms with Crippen molar-refractivity contribution in [3.63, 3.8) is 0 Å². The van der Waals surface area contributed by atoms with Crippen LogP contribution >= 0.6 is 0 Å². The van der Waals surface area contributed by atoms with Gasteiger partial charge in [-0.15, -0.1) is 0 Å². The Balaban J connectivity index is -0.000000113. The fourth-order valence-corrected chi connectivity index (χ4v) is 0.391. The molecular formula is C9H14N4O8. The van der Waals surface area contributed by atoms with E-state index in [2.05, 4.69) is 11.5 Å². The van der Waals surface area contributed by atoms with Crippen molar-refractivity contribution in [1.82, 2.24) is 6.15 Å². The van der Waals surface area contributed by atoms with Gasteiger partial charge in [0.25, 0.3) is 0 Å². The van der Waals surface area contributed by atoms with Crippen LogP contribution in [-0.4, -0.2) is 35.8 Å². The summed E-state index contributed by atoms with van der Waals surface area (Å²) < 4.78 is 0. The van der Waals surface area contributed by atoms with Crippen molar-refractivity contribution in [1.29, 1.82) is 0 Å². The van der Waals surface area contributed by atoms with Gasteiger partial charge in [-0.2, -0.15) is 0 Å². The lowest BCUT2D eigenvalue weighted by atomic mass is 10.2. The number of nitrogens with two attached hydrogens (primary N) is 3. The molecule has 0 aromatic carbocycles. The van der Waals surface area contributed by atoms with Crippen molar-refractivity contribution in [3.8, 4) is 0 Å². The van der Waals surface area contributed by atoms with E-state index in [1.165, 1.54) is 0 Å². The first-order valence-corrected chi connectivity index (χ1v) is 4.84. The van der Waals surface area contributed by atoms with Crippen molar-refractivity contribution in [2.75, 3.05) is 0 Å². The zero-order valence-electron chi connectivity index (χ0n) is 10.9. The van der Waals surface area contributed by atoms with Crippen molar-refractivity contribution in [3.05, 3.63) is 0 Å². The number of aliphatic carboxylic acids is 3. The highest BCUT2D eigenvalue weighted by Gasteiger charge is 3.00. The molecule has 0 aliphatic carbocycles. The number of carbonyl (C=O) groups excluding carboxylic acids is 5. The van der Waals surface area contributed by atoms with Gasteiger partial charge in [-0.1, -0.05) is 0 Å². The highest BCUT2D eigenvalue weighted by Crippen LogP contribution is 1.90. The van der Waals surface area contributed by atoms with Crippen LogP contribution in [0.2, 0.25) is 0 Å². The molecule has 0 rings (SSSR count). The number of primary amides is 2. The average Bonchev–Trinajstić information content (AvgIpc) is 2.25. The molecule has 0 aromatic rings. The van der Waals surface area contributed by atoms with E-state index in [-0.39, 0.29) is 19.0 Å². The van der Waals surface area contributed by atoms with E-state index < -0.39 is 35.8 Å². The van der Waals surface area contributed by atoms with Gasteiger partial charge in [0, 0.05) is 18.9 Å². The number of ketones is 1. The molecule has 21 heavy (non-hydrogen) atoms. The predicted molar refractivity (Wildman–Crippen MR) is 58.8 cm³/mol. The molecule has 0 aliphatic rings. The first-order chi connectivity index (χ1) is 8.91. The van der Waals surface area contributed by atoms with E-state index in [4.69, 9.17) is 10.5 Å². The minimum absolute atomic E-state index is 0. The molecule has 12 nitrogen and oxygen atoms in total. The molecule has 2 amide bonds. The second-order valence-electron chi connectivity index (χ2n) is 3.08. The highest BCUT2D eigenvalue weighted by atomic mass is 16.4. The number of hydrogen-bond donors (Lipinski definition) is 3. The second-order valence-corrected chi connectivity index (χ2v) is 3.08. The number of carboxylic acid groups (broad SMARTS) is 3. The summed E-state index contributed by atoms with van der Waals surface area (Å²) in [6, 6.07) is -2.04. The molecule has 0 aromatic heterocycles. The van der Waals surface area contributed by atoms with Crippen LogP contribution in [-0.2, 0) is 19.2 Å². The molecular weight excluding hydrogens is 292 g/mol. The number of nitrogens with zero attached hydrogens (tertiary/aromatic N) is 1. The maximum atomic E-state index is 9.86. The van der Waals surface area contributed by atoms with Gasteiger partial charge in [0.1, 0.15) is 5.97 Å². The number of rotatable bonds is 5. The van der Waals surface area contributed by atoms with Gasteiger partial charge in [-0.05, 0) is 12.8 Å². The number of urea groups is 1. The molecule has 0 unspecified atom stereocenters. The minimum Gasteiger partial charge on any atom is -0.550 e. The fraction of sp³-hybridized carbons (Fsp3) is 0.444. The van der Waals surface area contributed by atoms with Gasteiger partial charge in [0.2, 0.25) is 0 Å². The Bertz CT molecular complexity index is 355. The summed E-state index contributed by atoms with van der Waals surface area (Å²) >= 11 is 0. The molecule has 0 saturated heterocycles. The third-order valence-corrected chi connectivity index (χ3v) is 1.25. The molecule has 118 valence electrons. The lowest BCUT2D eigenvalue weighted by Gasteiger charge is -2.11. The van der Waals surface area contributed by atoms with Crippen LogP contribution in [0.15, 0.2) is 0 Å². The summed E-state index contributed by atoms with van der Waals surface area (Å²) in [5.41, 5.74) is 13.4. The van der Waals surface area contributed by atoms with E-state index >= 15 is 0 Å². The molecule has 12 heteroatoms. The van der Waals surface area contributed by atoms with E-state index in [9.17, 15) is 34.5 Å². The minimum atomic E-state index is -1.63. The average molecular weight is 306 g/mol. The normalized spacial score (nSPS) is 9.24. The number of amides is 2. The Morgan fingerprint density at radius 3 is 1.43 bits per heavy atom. The summed E-state index contributed by atoms with van der Waals surface area (Å²) in [4.78, 5) is 47.3. The lowest BCUT2D eigenvalue weighted by molar-refractivity contribution is -0.309. The molecule has 2 radical (unpaired) electrons. The molecule has 0 aliphatic heterocycles. The smallest absolute Gasteiger partial charge is 0.550 e. The zero-order valence-corrected chi connectivity index (χ0v) is 10.9. The maximum Gasteiger partial charge on any atom is 3.00 e. The quantitative estimate of drug-likeness (QED) is 0.406. The maximum absolute atomic E-state index is 9.86. The third-order valence-electron chi connectivity index (χ3n) is 1.25. The van der Waals surface area contributed by atoms with E-state index in [1.807, 2.05) is 0 Å². The van der Waals surface area contributed by atoms with Crippen molar-refractivity contribution >= 4 is 29.7 Å². The highest BCUT2D eigenvalue weighted by molar-refractivity contribution is 6.30. The molecule has 0 bridgehead atoms. The van der Waals surface area contributed by atoms with Crippen LogP contribution in [0, 0.1) is 0 Å². The first kappa shape index (κ1) is 26.6. The molecule has 6 N–H and O–H groups in total. The lowest BCUT2D eigenvalue weighted by Crippen LogP contribution is -2.42. The topological polar surface area (TPSA) is 263 Å². The standard InChI is InChI=1S/C5H9NO4.C3H4O3.CH4N2O.N/c6-3(5(9)10)1-2-4(7)8;1-2(4)3(5)6;2-1(3)4;/h3H,1-2,6H2,(H,7,8)(H,9,10);1H3,(H,5,6);(H4,2,3,4);/q;;;+3/p-3/t3-;;;/m0.../s1. The van der Waals surface area contributed by atoms with Crippen LogP contribution in [0.25, 0.3) is 0 Å². The molecule has 0 spiro atoms. The number of carbonyl (C=O) groups is 5. The van der Waals surface area contributed by atoms with Gasteiger partial charge in [0.15, 0.2) is 5.78 Å². The van der Waals surface area contributed by atoms with Gasteiger partial charge in [-0.3, -0.25) is 4.79 Å². The SMILES string of the molecule is CC(=O)C(=O)[O-].NC(N)=O.N[C@@H](CCC(=O)[O-])C(=O)[O-].[N+3]. The Morgan fingerprint density at radius 2 is 1.29 bits per heavy atom. The first-order valence-electron chi connectivity index (χ1n) is 4.84. The molecule has 0 heterocycles. The van der Waals surface area contributed by atoms with Crippen LogP contribution in [0.5, 0.6) is 0 Å². The van der Waals surface area contributed by atoms with Crippen molar-refractivity contribution in [2.24, 2.45) is 17.2 Å². The molecule has 0 saturated carbocycles. The van der Waals surface area contributed by atoms with Crippen LogP contribution < -0.4 is 38.7 Å². The molecule has 1 atom stereocenters. The second kappa shape index (κ2) is 15.1. The number of carboxylic acids is 3. The third kappa shape index (κ3) is 38.2.